The van der Waals surface area contributed by atoms with Gasteiger partial charge < -0.3 is 0 Å². The molecule has 0 aliphatic rings. The lowest BCUT2D eigenvalue weighted by atomic mass is 9.92. The van der Waals surface area contributed by atoms with Gasteiger partial charge in [-0.2, -0.15) is 26.3 Å². The van der Waals surface area contributed by atoms with Gasteiger partial charge in [-0.3, -0.25) is 9.59 Å². The third-order valence-corrected chi connectivity index (χ3v) is 3.97. The van der Waals surface area contributed by atoms with E-state index in [1.54, 1.807) is 0 Å². The Morgan fingerprint density at radius 3 is 1.48 bits per heavy atom. The van der Waals surface area contributed by atoms with E-state index in [0.29, 0.717) is 0 Å². The van der Waals surface area contributed by atoms with Crippen LogP contribution in [0.5, 0.6) is 0 Å². The quantitative estimate of drug-likeness (QED) is 0.478. The molecule has 144 valence electrons. The molecule has 2 nitrogen and oxygen atoms in total. The van der Waals surface area contributed by atoms with Gasteiger partial charge in [0.1, 0.15) is 0 Å². The standard InChI is InChI=1S/C19H14F6O2/c1-11(17(27)13-4-8-15(9-5-13)19(23,24)25)10-16(26)12-2-6-14(7-3-12)18(20,21)22/h2-9,11H,10H2,1H3. The molecule has 0 aliphatic carbocycles. The number of Topliss-reactive ketones (excluding diaryl/α,β-unsaturated/α-hetero) is 2. The Labute approximate surface area is 150 Å². The highest BCUT2D eigenvalue weighted by Gasteiger charge is 2.31. The SMILES string of the molecule is CC(CC(=O)c1ccc(C(F)(F)F)cc1)C(=O)c1ccc(C(F)(F)F)cc1. The van der Waals surface area contributed by atoms with E-state index in [-0.39, 0.29) is 17.5 Å². The highest BCUT2D eigenvalue weighted by atomic mass is 19.4. The molecule has 0 N–H and O–H groups in total. The average molecular weight is 388 g/mol. The van der Waals surface area contributed by atoms with Gasteiger partial charge in [0.15, 0.2) is 11.6 Å². The summed E-state index contributed by atoms with van der Waals surface area (Å²) >= 11 is 0. The van der Waals surface area contributed by atoms with Crippen LogP contribution in [0.2, 0.25) is 0 Å². The van der Waals surface area contributed by atoms with Crippen molar-refractivity contribution in [3.8, 4) is 0 Å². The number of hydrogen-bond acceptors (Lipinski definition) is 2. The molecule has 2 rings (SSSR count). The summed E-state index contributed by atoms with van der Waals surface area (Å²) < 4.78 is 75.2. The van der Waals surface area contributed by atoms with Crippen LogP contribution in [0.1, 0.15) is 45.2 Å². The summed E-state index contributed by atoms with van der Waals surface area (Å²) in [6, 6.07) is 7.22. The van der Waals surface area contributed by atoms with Gasteiger partial charge in [-0.05, 0) is 24.3 Å². The number of carbonyl (C=O) groups is 2. The molecule has 0 amide bonds. The lowest BCUT2D eigenvalue weighted by Crippen LogP contribution is -2.16. The number of halogens is 6. The molecule has 0 saturated heterocycles. The van der Waals surface area contributed by atoms with E-state index in [2.05, 4.69) is 0 Å². The van der Waals surface area contributed by atoms with Crippen LogP contribution >= 0.6 is 0 Å². The van der Waals surface area contributed by atoms with Crippen LogP contribution in [0.4, 0.5) is 26.3 Å². The van der Waals surface area contributed by atoms with Gasteiger partial charge in [0.05, 0.1) is 11.1 Å². The fourth-order valence-electron chi connectivity index (χ4n) is 2.44. The van der Waals surface area contributed by atoms with E-state index in [4.69, 9.17) is 0 Å². The largest absolute Gasteiger partial charge is 0.416 e. The monoisotopic (exact) mass is 388 g/mol. The van der Waals surface area contributed by atoms with E-state index < -0.39 is 41.0 Å². The number of hydrogen-bond donors (Lipinski definition) is 0. The molecule has 1 unspecified atom stereocenters. The van der Waals surface area contributed by atoms with Gasteiger partial charge >= 0.3 is 12.4 Å². The van der Waals surface area contributed by atoms with Crippen molar-refractivity contribution in [2.45, 2.75) is 25.7 Å². The minimum absolute atomic E-state index is 0.0232. The van der Waals surface area contributed by atoms with E-state index in [0.717, 1.165) is 48.5 Å². The first-order valence-electron chi connectivity index (χ1n) is 7.81. The highest BCUT2D eigenvalue weighted by Crippen LogP contribution is 2.30. The fraction of sp³-hybridized carbons (Fsp3) is 0.263. The maximum absolute atomic E-state index is 12.5. The number of carbonyl (C=O) groups excluding carboxylic acids is 2. The highest BCUT2D eigenvalue weighted by molar-refractivity contribution is 6.03. The topological polar surface area (TPSA) is 34.1 Å². The summed E-state index contributed by atoms with van der Waals surface area (Å²) in [6.07, 6.45) is -9.32. The van der Waals surface area contributed by atoms with Gasteiger partial charge in [-0.1, -0.05) is 31.2 Å². The van der Waals surface area contributed by atoms with Gasteiger partial charge in [0.25, 0.3) is 0 Å². The lowest BCUT2D eigenvalue weighted by Gasteiger charge is -2.12. The zero-order valence-corrected chi connectivity index (χ0v) is 14.0. The Kier molecular flexibility index (Phi) is 5.77. The maximum atomic E-state index is 12.5. The van der Waals surface area contributed by atoms with Crippen molar-refractivity contribution in [3.05, 3.63) is 70.8 Å². The molecule has 0 spiro atoms. The van der Waals surface area contributed by atoms with E-state index in [1.807, 2.05) is 0 Å². The molecule has 1 atom stereocenters. The maximum Gasteiger partial charge on any atom is 0.416 e. The van der Waals surface area contributed by atoms with E-state index in [1.165, 1.54) is 6.92 Å². The molecule has 0 aliphatic heterocycles. The predicted molar refractivity (Wildman–Crippen MR) is 85.3 cm³/mol. The number of rotatable bonds is 5. The van der Waals surface area contributed by atoms with Crippen molar-refractivity contribution in [2.24, 2.45) is 5.92 Å². The minimum atomic E-state index is -4.52. The first-order chi connectivity index (χ1) is 12.4. The summed E-state index contributed by atoms with van der Waals surface area (Å²) in [5, 5.41) is 0. The normalized spacial score (nSPS) is 13.3. The second-order valence-electron chi connectivity index (χ2n) is 6.04. The van der Waals surface area contributed by atoms with Gasteiger partial charge in [0, 0.05) is 23.5 Å². The molecule has 0 fully saturated rings. The Morgan fingerprint density at radius 1 is 0.741 bits per heavy atom. The third kappa shape index (κ3) is 5.18. The molecule has 0 aromatic heterocycles. The molecule has 2 aromatic rings. The molecule has 0 radical (unpaired) electrons. The van der Waals surface area contributed by atoms with Crippen molar-refractivity contribution in [2.75, 3.05) is 0 Å². The van der Waals surface area contributed by atoms with Crippen LogP contribution in [0.25, 0.3) is 0 Å². The van der Waals surface area contributed by atoms with Crippen LogP contribution in [-0.4, -0.2) is 11.6 Å². The number of alkyl halides is 6. The summed E-state index contributed by atoms with van der Waals surface area (Å²) in [7, 11) is 0. The van der Waals surface area contributed by atoms with Crippen molar-refractivity contribution in [1.29, 1.82) is 0 Å². The zero-order valence-electron chi connectivity index (χ0n) is 14.0. The average Bonchev–Trinajstić information content (AvgIpc) is 2.59. The molecular weight excluding hydrogens is 374 g/mol. The van der Waals surface area contributed by atoms with Crippen LogP contribution in [0.3, 0.4) is 0 Å². The molecule has 0 bridgehead atoms. The smallest absolute Gasteiger partial charge is 0.294 e. The Bertz CT molecular complexity index is 817. The van der Waals surface area contributed by atoms with Gasteiger partial charge in [-0.25, -0.2) is 0 Å². The van der Waals surface area contributed by atoms with Crippen molar-refractivity contribution in [1.82, 2.24) is 0 Å². The van der Waals surface area contributed by atoms with Gasteiger partial charge in [0.2, 0.25) is 0 Å². The Morgan fingerprint density at radius 2 is 1.11 bits per heavy atom. The van der Waals surface area contributed by atoms with Crippen LogP contribution < -0.4 is 0 Å². The van der Waals surface area contributed by atoms with Crippen LogP contribution in [-0.2, 0) is 12.4 Å². The van der Waals surface area contributed by atoms with Crippen molar-refractivity contribution in [3.63, 3.8) is 0 Å². The summed E-state index contributed by atoms with van der Waals surface area (Å²) in [5.74, 6) is -1.89. The summed E-state index contributed by atoms with van der Waals surface area (Å²) in [6.45, 7) is 1.43. The second kappa shape index (κ2) is 7.54. The van der Waals surface area contributed by atoms with E-state index >= 15 is 0 Å². The first kappa shape index (κ1) is 20.7. The van der Waals surface area contributed by atoms with Crippen molar-refractivity contribution >= 4 is 11.6 Å². The van der Waals surface area contributed by atoms with Gasteiger partial charge in [-0.15, -0.1) is 0 Å². The molecule has 8 heteroatoms. The third-order valence-electron chi connectivity index (χ3n) is 3.97. The first-order valence-corrected chi connectivity index (χ1v) is 7.81. The minimum Gasteiger partial charge on any atom is -0.294 e. The molecule has 2 aromatic carbocycles. The molecular formula is C19H14F6O2. The lowest BCUT2D eigenvalue weighted by molar-refractivity contribution is -0.138. The summed E-state index contributed by atoms with van der Waals surface area (Å²) in [5.41, 5.74) is -1.74. The predicted octanol–water partition coefficient (Wildman–Crippen LogP) is 5.82. The number of ketones is 2. The molecule has 27 heavy (non-hydrogen) atoms. The number of benzene rings is 2. The Hall–Kier alpha value is -2.64. The summed E-state index contributed by atoms with van der Waals surface area (Å²) in [4.78, 5) is 24.4. The van der Waals surface area contributed by atoms with Crippen molar-refractivity contribution < 1.29 is 35.9 Å². The molecule has 0 saturated carbocycles. The fourth-order valence-corrected chi connectivity index (χ4v) is 2.44. The van der Waals surface area contributed by atoms with Crippen LogP contribution in [0, 0.1) is 5.92 Å². The second-order valence-corrected chi connectivity index (χ2v) is 6.04. The Balaban J connectivity index is 2.06. The van der Waals surface area contributed by atoms with Crippen LogP contribution in [0.15, 0.2) is 48.5 Å². The van der Waals surface area contributed by atoms with E-state index in [9.17, 15) is 35.9 Å². The molecule has 0 heterocycles. The zero-order chi connectivity index (χ0) is 20.4.